The van der Waals surface area contributed by atoms with Crippen LogP contribution in [0.1, 0.15) is 0 Å². The largest absolute Gasteiger partial charge is 0.387 e. The third-order valence-electron chi connectivity index (χ3n) is 1.18. The van der Waals surface area contributed by atoms with Gasteiger partial charge in [-0.05, 0) is 12.0 Å². The first-order valence-electron chi connectivity index (χ1n) is 2.68. The van der Waals surface area contributed by atoms with E-state index >= 15 is 0 Å². The van der Waals surface area contributed by atoms with Gasteiger partial charge in [0.05, 0.1) is 11.4 Å². The molecule has 0 radical (unpaired) electrons. The fraction of sp³-hybridized carbons (Fsp3) is 0.333. The zero-order valence-corrected chi connectivity index (χ0v) is 5.58. The summed E-state index contributed by atoms with van der Waals surface area (Å²) in [6.45, 7) is 0. The van der Waals surface area contributed by atoms with Crippen LogP contribution < -0.4 is 0 Å². The van der Waals surface area contributed by atoms with E-state index in [4.69, 9.17) is 9.66 Å². The molecule has 0 amide bonds. The summed E-state index contributed by atoms with van der Waals surface area (Å²) in [5.41, 5.74) is 0. The molecule has 2 unspecified atom stereocenters. The van der Waals surface area contributed by atoms with Crippen molar-refractivity contribution in [2.75, 3.05) is 0 Å². The Hall–Kier alpha value is -0.250. The lowest BCUT2D eigenvalue weighted by Gasteiger charge is -2.14. The van der Waals surface area contributed by atoms with E-state index in [1.807, 2.05) is 0 Å². The Morgan fingerprint density at radius 3 is 2.33 bits per heavy atom. The van der Waals surface area contributed by atoms with Gasteiger partial charge in [0.25, 0.3) is 0 Å². The van der Waals surface area contributed by atoms with Crippen molar-refractivity contribution in [1.82, 2.24) is 0 Å². The van der Waals surface area contributed by atoms with Gasteiger partial charge in [-0.3, -0.25) is 0 Å². The molecule has 0 aromatic carbocycles. The van der Waals surface area contributed by atoms with E-state index in [2.05, 4.69) is 0 Å². The average molecular weight is 144 g/mol. The van der Waals surface area contributed by atoms with Crippen molar-refractivity contribution in [2.24, 2.45) is 0 Å². The third kappa shape index (κ3) is 1.58. The van der Waals surface area contributed by atoms with Crippen molar-refractivity contribution in [3.63, 3.8) is 0 Å². The SMILES string of the molecule is OSC1C=CC=CC1O. The zero-order valence-electron chi connectivity index (χ0n) is 4.77. The van der Waals surface area contributed by atoms with Crippen LogP contribution >= 0.6 is 12.0 Å². The van der Waals surface area contributed by atoms with Crippen LogP contribution in [0, 0.1) is 0 Å². The average Bonchev–Trinajstić information content (AvgIpc) is 1.89. The second-order valence-corrected chi connectivity index (χ2v) is 2.59. The predicted molar refractivity (Wildman–Crippen MR) is 38.3 cm³/mol. The van der Waals surface area contributed by atoms with Crippen molar-refractivity contribution in [1.29, 1.82) is 0 Å². The Labute approximate surface area is 58.1 Å². The number of allylic oxidation sites excluding steroid dienone is 2. The Kier molecular flexibility index (Phi) is 2.33. The molecule has 1 aliphatic rings. The highest BCUT2D eigenvalue weighted by Gasteiger charge is 2.14. The lowest BCUT2D eigenvalue weighted by Crippen LogP contribution is -2.19. The van der Waals surface area contributed by atoms with Crippen LogP contribution in [0.3, 0.4) is 0 Å². The Morgan fingerprint density at radius 2 is 1.89 bits per heavy atom. The number of aliphatic hydroxyl groups is 1. The topological polar surface area (TPSA) is 40.5 Å². The minimum absolute atomic E-state index is 0.185. The molecule has 1 aliphatic carbocycles. The van der Waals surface area contributed by atoms with Gasteiger partial charge in [0.2, 0.25) is 0 Å². The summed E-state index contributed by atoms with van der Waals surface area (Å²) in [5.74, 6) is 0. The van der Waals surface area contributed by atoms with Gasteiger partial charge >= 0.3 is 0 Å². The molecule has 0 aromatic rings. The van der Waals surface area contributed by atoms with Crippen molar-refractivity contribution in [3.8, 4) is 0 Å². The van der Waals surface area contributed by atoms with Gasteiger partial charge in [0.15, 0.2) is 0 Å². The summed E-state index contributed by atoms with van der Waals surface area (Å²) < 4.78 is 8.53. The molecule has 0 aliphatic heterocycles. The molecule has 9 heavy (non-hydrogen) atoms. The summed E-state index contributed by atoms with van der Waals surface area (Å²) >= 11 is 0.666. The van der Waals surface area contributed by atoms with E-state index in [9.17, 15) is 0 Å². The maximum atomic E-state index is 9.05. The first kappa shape index (κ1) is 6.86. The van der Waals surface area contributed by atoms with Gasteiger partial charge in [-0.25, -0.2) is 0 Å². The number of rotatable bonds is 1. The highest BCUT2D eigenvalue weighted by atomic mass is 32.2. The lowest BCUT2D eigenvalue weighted by molar-refractivity contribution is 0.229. The molecule has 0 fully saturated rings. The molecule has 0 spiro atoms. The van der Waals surface area contributed by atoms with E-state index in [0.717, 1.165) is 0 Å². The summed E-state index contributed by atoms with van der Waals surface area (Å²) in [5, 5.41) is 8.86. The normalized spacial score (nSPS) is 33.1. The van der Waals surface area contributed by atoms with Gasteiger partial charge in [0, 0.05) is 0 Å². The molecule has 3 heteroatoms. The van der Waals surface area contributed by atoms with E-state index < -0.39 is 6.10 Å². The summed E-state index contributed by atoms with van der Waals surface area (Å²) in [7, 11) is 0. The molecule has 0 heterocycles. The Balaban J connectivity index is 2.55. The van der Waals surface area contributed by atoms with Crippen LogP contribution in [-0.2, 0) is 0 Å². The highest BCUT2D eigenvalue weighted by molar-refractivity contribution is 7.94. The van der Waals surface area contributed by atoms with Crippen LogP contribution in [0.5, 0.6) is 0 Å². The second-order valence-electron chi connectivity index (χ2n) is 1.83. The van der Waals surface area contributed by atoms with Crippen molar-refractivity contribution < 1.29 is 9.66 Å². The van der Waals surface area contributed by atoms with E-state index in [1.54, 1.807) is 24.3 Å². The van der Waals surface area contributed by atoms with Crippen molar-refractivity contribution >= 4 is 12.0 Å². The number of aliphatic hydroxyl groups excluding tert-OH is 1. The molecule has 50 valence electrons. The molecule has 0 bridgehead atoms. The van der Waals surface area contributed by atoms with E-state index in [-0.39, 0.29) is 5.25 Å². The molecular formula is C6H8O2S. The van der Waals surface area contributed by atoms with Gasteiger partial charge in [-0.15, -0.1) is 0 Å². The summed E-state index contributed by atoms with van der Waals surface area (Å²) in [6.07, 6.45) is 6.44. The van der Waals surface area contributed by atoms with E-state index in [0.29, 0.717) is 12.0 Å². The maximum Gasteiger partial charge on any atom is 0.0900 e. The minimum atomic E-state index is -0.537. The molecule has 0 saturated carbocycles. The van der Waals surface area contributed by atoms with Crippen molar-refractivity contribution in [3.05, 3.63) is 24.3 Å². The monoisotopic (exact) mass is 144 g/mol. The molecule has 2 nitrogen and oxygen atoms in total. The highest BCUT2D eigenvalue weighted by Crippen LogP contribution is 2.16. The Bertz CT molecular complexity index is 142. The van der Waals surface area contributed by atoms with Crippen LogP contribution in [-0.4, -0.2) is 21.0 Å². The summed E-state index contributed by atoms with van der Waals surface area (Å²) in [4.78, 5) is 0. The van der Waals surface area contributed by atoms with Crippen LogP contribution in [0.15, 0.2) is 24.3 Å². The molecular weight excluding hydrogens is 136 g/mol. The zero-order chi connectivity index (χ0) is 6.69. The molecule has 0 aromatic heterocycles. The lowest BCUT2D eigenvalue weighted by atomic mass is 10.1. The van der Waals surface area contributed by atoms with Gasteiger partial charge in [0.1, 0.15) is 0 Å². The van der Waals surface area contributed by atoms with E-state index in [1.165, 1.54) is 0 Å². The molecule has 2 atom stereocenters. The second kappa shape index (κ2) is 3.06. The fourth-order valence-electron chi connectivity index (χ4n) is 0.672. The molecule has 1 rings (SSSR count). The van der Waals surface area contributed by atoms with Gasteiger partial charge < -0.3 is 9.66 Å². The third-order valence-corrected chi connectivity index (χ3v) is 1.86. The van der Waals surface area contributed by atoms with Crippen LogP contribution in [0.25, 0.3) is 0 Å². The van der Waals surface area contributed by atoms with Gasteiger partial charge in [-0.2, -0.15) is 0 Å². The minimum Gasteiger partial charge on any atom is -0.387 e. The molecule has 0 saturated heterocycles. The van der Waals surface area contributed by atoms with Gasteiger partial charge in [-0.1, -0.05) is 24.3 Å². The smallest absolute Gasteiger partial charge is 0.0900 e. The first-order valence-corrected chi connectivity index (χ1v) is 3.51. The van der Waals surface area contributed by atoms with Crippen LogP contribution in [0.2, 0.25) is 0 Å². The Morgan fingerprint density at radius 1 is 1.22 bits per heavy atom. The van der Waals surface area contributed by atoms with Crippen LogP contribution in [0.4, 0.5) is 0 Å². The number of hydrogen-bond acceptors (Lipinski definition) is 3. The maximum absolute atomic E-state index is 9.05. The summed E-state index contributed by atoms with van der Waals surface area (Å²) in [6, 6.07) is 0. The van der Waals surface area contributed by atoms with Crippen molar-refractivity contribution in [2.45, 2.75) is 11.4 Å². The quantitative estimate of drug-likeness (QED) is 0.540. The standard InChI is InChI=1S/C6H8O2S/c7-5-3-1-2-4-6(5)9-8/h1-8H. The number of hydrogen-bond donors (Lipinski definition) is 2. The predicted octanol–water partition coefficient (Wildman–Crippen LogP) is 1.05. The molecule has 2 N–H and O–H groups in total. The fourth-order valence-corrected chi connectivity index (χ4v) is 1.05. The first-order chi connectivity index (χ1) is 4.34.